The number of nitrogens with one attached hydrogen (secondary N) is 2. The van der Waals surface area contributed by atoms with Crippen molar-refractivity contribution in [1.82, 2.24) is 15.3 Å². The molecule has 0 spiro atoms. The SMILES string of the molecule is C=Nc1nc(OCCCC)nc2c1NC(=O)CN2Cc1ccc2c(c1)CNCC2. The molecule has 0 fully saturated rings. The van der Waals surface area contributed by atoms with Crippen molar-refractivity contribution in [2.24, 2.45) is 4.99 Å². The third-order valence-corrected chi connectivity index (χ3v) is 5.16. The van der Waals surface area contributed by atoms with Gasteiger partial charge in [0.15, 0.2) is 11.6 Å². The Bertz CT molecular complexity index is 930. The van der Waals surface area contributed by atoms with Gasteiger partial charge in [-0.1, -0.05) is 31.5 Å². The average Bonchev–Trinajstić information content (AvgIpc) is 2.73. The van der Waals surface area contributed by atoms with E-state index >= 15 is 0 Å². The Morgan fingerprint density at radius 3 is 3.03 bits per heavy atom. The van der Waals surface area contributed by atoms with Crippen LogP contribution in [0.15, 0.2) is 23.2 Å². The predicted octanol–water partition coefficient (Wildman–Crippen LogP) is 2.59. The molecule has 2 aliphatic heterocycles. The summed E-state index contributed by atoms with van der Waals surface area (Å²) in [4.78, 5) is 27.1. The van der Waals surface area contributed by atoms with Crippen LogP contribution >= 0.6 is 0 Å². The van der Waals surface area contributed by atoms with Crippen LogP contribution in [-0.4, -0.2) is 42.3 Å². The summed E-state index contributed by atoms with van der Waals surface area (Å²) in [6.07, 6.45) is 2.98. The molecule has 0 radical (unpaired) electrons. The molecule has 29 heavy (non-hydrogen) atoms. The van der Waals surface area contributed by atoms with Crippen LogP contribution < -0.4 is 20.3 Å². The Labute approximate surface area is 170 Å². The lowest BCUT2D eigenvalue weighted by atomic mass is 9.98. The quantitative estimate of drug-likeness (QED) is 0.554. The average molecular weight is 394 g/mol. The van der Waals surface area contributed by atoms with Crippen molar-refractivity contribution >= 4 is 29.9 Å². The van der Waals surface area contributed by atoms with Gasteiger partial charge in [0.05, 0.1) is 13.2 Å². The molecule has 1 aromatic heterocycles. The van der Waals surface area contributed by atoms with Crippen LogP contribution in [0.3, 0.4) is 0 Å². The lowest BCUT2D eigenvalue weighted by Crippen LogP contribution is -2.38. The smallest absolute Gasteiger partial charge is 0.320 e. The highest BCUT2D eigenvalue weighted by atomic mass is 16.5. The van der Waals surface area contributed by atoms with Gasteiger partial charge in [0.1, 0.15) is 5.69 Å². The Kier molecular flexibility index (Phi) is 5.71. The summed E-state index contributed by atoms with van der Waals surface area (Å²) in [5.41, 5.74) is 4.32. The van der Waals surface area contributed by atoms with Gasteiger partial charge in [-0.2, -0.15) is 9.97 Å². The number of rotatable bonds is 7. The van der Waals surface area contributed by atoms with E-state index in [0.29, 0.717) is 30.5 Å². The molecule has 0 atom stereocenters. The van der Waals surface area contributed by atoms with Crippen molar-refractivity contribution in [2.75, 3.05) is 29.9 Å². The van der Waals surface area contributed by atoms with Gasteiger partial charge in [-0.25, -0.2) is 4.99 Å². The molecule has 152 valence electrons. The Morgan fingerprint density at radius 1 is 1.31 bits per heavy atom. The number of amides is 1. The summed E-state index contributed by atoms with van der Waals surface area (Å²) in [6.45, 7) is 8.89. The first-order valence-corrected chi connectivity index (χ1v) is 10.1. The first-order chi connectivity index (χ1) is 14.2. The molecule has 8 nitrogen and oxygen atoms in total. The number of anilines is 2. The molecule has 0 aliphatic carbocycles. The van der Waals surface area contributed by atoms with Crippen LogP contribution in [-0.2, 0) is 24.3 Å². The Hall–Kier alpha value is -3.00. The number of ether oxygens (including phenoxy) is 1. The number of nitrogens with zero attached hydrogens (tertiary/aromatic N) is 4. The van der Waals surface area contributed by atoms with Crippen molar-refractivity contribution in [1.29, 1.82) is 0 Å². The third-order valence-electron chi connectivity index (χ3n) is 5.16. The van der Waals surface area contributed by atoms with E-state index in [1.807, 2.05) is 4.90 Å². The van der Waals surface area contributed by atoms with E-state index < -0.39 is 0 Å². The van der Waals surface area contributed by atoms with Gasteiger partial charge in [0.25, 0.3) is 0 Å². The summed E-state index contributed by atoms with van der Waals surface area (Å²) >= 11 is 0. The molecular formula is C21H26N6O2. The van der Waals surface area contributed by atoms with Gasteiger partial charge < -0.3 is 20.3 Å². The third kappa shape index (κ3) is 4.22. The second kappa shape index (κ2) is 8.57. The van der Waals surface area contributed by atoms with Gasteiger partial charge in [-0.3, -0.25) is 4.79 Å². The van der Waals surface area contributed by atoms with Crippen molar-refractivity contribution in [3.8, 4) is 6.01 Å². The van der Waals surface area contributed by atoms with Gasteiger partial charge >= 0.3 is 6.01 Å². The summed E-state index contributed by atoms with van der Waals surface area (Å²) < 4.78 is 5.70. The Morgan fingerprint density at radius 2 is 2.21 bits per heavy atom. The van der Waals surface area contributed by atoms with Crippen molar-refractivity contribution in [2.45, 2.75) is 39.3 Å². The molecule has 1 aromatic carbocycles. The predicted molar refractivity (Wildman–Crippen MR) is 113 cm³/mol. The molecular weight excluding hydrogens is 368 g/mol. The Balaban J connectivity index is 1.64. The van der Waals surface area contributed by atoms with Crippen molar-refractivity contribution < 1.29 is 9.53 Å². The number of aliphatic imine (C=N–C) groups is 1. The van der Waals surface area contributed by atoms with E-state index in [1.54, 1.807) is 0 Å². The molecule has 8 heteroatoms. The van der Waals surface area contributed by atoms with E-state index in [1.165, 1.54) is 11.1 Å². The summed E-state index contributed by atoms with van der Waals surface area (Å²) in [5.74, 6) is 0.823. The maximum absolute atomic E-state index is 12.3. The normalized spacial score (nSPS) is 15.3. The number of carbonyl (C=O) groups excluding carboxylic acids is 1. The van der Waals surface area contributed by atoms with Gasteiger partial charge in [0.2, 0.25) is 5.91 Å². The van der Waals surface area contributed by atoms with E-state index in [9.17, 15) is 4.79 Å². The zero-order valence-corrected chi connectivity index (χ0v) is 16.7. The lowest BCUT2D eigenvalue weighted by Gasteiger charge is -2.30. The van der Waals surface area contributed by atoms with E-state index in [-0.39, 0.29) is 18.5 Å². The zero-order chi connectivity index (χ0) is 20.2. The number of benzene rings is 1. The van der Waals surface area contributed by atoms with E-state index in [4.69, 9.17) is 4.74 Å². The molecule has 3 heterocycles. The number of carbonyl (C=O) groups is 1. The number of hydrogen-bond donors (Lipinski definition) is 2. The molecule has 4 rings (SSSR count). The van der Waals surface area contributed by atoms with Crippen LogP contribution in [0, 0.1) is 0 Å². The fraction of sp³-hybridized carbons (Fsp3) is 0.429. The van der Waals surface area contributed by atoms with Crippen LogP contribution in [0.25, 0.3) is 0 Å². The van der Waals surface area contributed by atoms with Crippen LogP contribution in [0.5, 0.6) is 6.01 Å². The number of fused-ring (bicyclic) bond motifs is 2. The summed E-state index contributed by atoms with van der Waals surface area (Å²) in [5, 5.41) is 6.24. The zero-order valence-electron chi connectivity index (χ0n) is 16.7. The maximum atomic E-state index is 12.3. The highest BCUT2D eigenvalue weighted by Gasteiger charge is 2.28. The van der Waals surface area contributed by atoms with Gasteiger partial charge in [0, 0.05) is 13.1 Å². The fourth-order valence-electron chi connectivity index (χ4n) is 3.66. The standard InChI is InChI=1S/C21H26N6O2/c1-3-4-9-29-21-25-19(22-2)18-20(26-21)27(13-17(28)24-18)12-14-5-6-15-7-8-23-11-16(15)10-14/h5-6,10,23H,2-4,7-9,11-13H2,1H3,(H,24,28). The molecule has 0 saturated heterocycles. The molecule has 0 bridgehead atoms. The summed E-state index contributed by atoms with van der Waals surface area (Å²) in [6, 6.07) is 6.78. The minimum Gasteiger partial charge on any atom is -0.463 e. The first-order valence-electron chi connectivity index (χ1n) is 10.1. The minimum absolute atomic E-state index is 0.120. The molecule has 2 N–H and O–H groups in total. The highest BCUT2D eigenvalue weighted by Crippen LogP contribution is 2.37. The second-order valence-corrected chi connectivity index (χ2v) is 7.32. The maximum Gasteiger partial charge on any atom is 0.320 e. The van der Waals surface area contributed by atoms with Crippen molar-refractivity contribution in [3.05, 3.63) is 34.9 Å². The van der Waals surface area contributed by atoms with Gasteiger partial charge in [-0.05, 0) is 42.8 Å². The largest absolute Gasteiger partial charge is 0.463 e. The second-order valence-electron chi connectivity index (χ2n) is 7.32. The van der Waals surface area contributed by atoms with Crippen LogP contribution in [0.2, 0.25) is 0 Å². The van der Waals surface area contributed by atoms with Crippen LogP contribution in [0.4, 0.5) is 17.3 Å². The highest BCUT2D eigenvalue weighted by molar-refractivity contribution is 6.03. The van der Waals surface area contributed by atoms with E-state index in [2.05, 4.69) is 57.4 Å². The molecule has 2 aromatic rings. The monoisotopic (exact) mass is 394 g/mol. The number of unbranched alkanes of at least 4 members (excludes halogenated alkanes) is 1. The first kappa shape index (κ1) is 19.3. The van der Waals surface area contributed by atoms with Crippen LogP contribution in [0.1, 0.15) is 36.5 Å². The molecule has 2 aliphatic rings. The lowest BCUT2D eigenvalue weighted by molar-refractivity contribution is -0.115. The van der Waals surface area contributed by atoms with Crippen molar-refractivity contribution in [3.63, 3.8) is 0 Å². The van der Waals surface area contributed by atoms with Gasteiger partial charge in [-0.15, -0.1) is 0 Å². The summed E-state index contributed by atoms with van der Waals surface area (Å²) in [7, 11) is 0. The molecule has 0 unspecified atom stereocenters. The fourth-order valence-corrected chi connectivity index (χ4v) is 3.66. The molecule has 1 amide bonds. The minimum atomic E-state index is -0.120. The molecule has 0 saturated carbocycles. The number of hydrogen-bond acceptors (Lipinski definition) is 7. The topological polar surface area (TPSA) is 91.7 Å². The number of aromatic nitrogens is 2. The van der Waals surface area contributed by atoms with E-state index in [0.717, 1.165) is 37.9 Å².